The standard InChI is InChI=1S/C12H23NO3.C8H16O.2C2HF3O2.CH4/c1-11(2,3)16-10(14)13-8-6-12(4,15-5)7-9-13;1-8(9-2)6-4-3-5-7-8;2*3-2(4,5)1(6)7;/h6-9H2,1-5H3;3-7H2,1-2H3;2*(H,6,7);1H4. The Hall–Kier alpha value is -2.29. The first-order chi connectivity index (χ1) is 17.4. The van der Waals surface area contributed by atoms with E-state index >= 15 is 0 Å². The van der Waals surface area contributed by atoms with Crippen LogP contribution in [0.3, 0.4) is 0 Å². The molecule has 0 unspecified atom stereocenters. The molecule has 1 aliphatic heterocycles. The molecule has 0 aromatic carbocycles. The quantitative estimate of drug-likeness (QED) is 0.336. The maximum Gasteiger partial charge on any atom is 0.490 e. The lowest BCUT2D eigenvalue weighted by atomic mass is 9.86. The largest absolute Gasteiger partial charge is 0.490 e. The van der Waals surface area contributed by atoms with Crippen LogP contribution in [0.1, 0.15) is 87.0 Å². The van der Waals surface area contributed by atoms with Crippen LogP contribution >= 0.6 is 0 Å². The molecular formula is C25H45F6NO8. The van der Waals surface area contributed by atoms with Gasteiger partial charge in [0.05, 0.1) is 11.2 Å². The molecule has 2 N–H and O–H groups in total. The summed E-state index contributed by atoms with van der Waals surface area (Å²) in [6.45, 7) is 11.4. The van der Waals surface area contributed by atoms with Crippen LogP contribution in [0.4, 0.5) is 31.1 Å². The van der Waals surface area contributed by atoms with Crippen molar-refractivity contribution in [2.45, 2.75) is 116 Å². The average Bonchev–Trinajstić information content (AvgIpc) is 2.79. The summed E-state index contributed by atoms with van der Waals surface area (Å²) in [5.74, 6) is -5.51. The molecule has 1 amide bonds. The molecule has 0 spiro atoms. The number of piperidine rings is 1. The molecule has 1 heterocycles. The van der Waals surface area contributed by atoms with Gasteiger partial charge in [-0.25, -0.2) is 14.4 Å². The molecule has 15 heteroatoms. The van der Waals surface area contributed by atoms with Crippen molar-refractivity contribution in [2.24, 2.45) is 0 Å². The van der Waals surface area contributed by atoms with Crippen LogP contribution in [-0.2, 0) is 23.8 Å². The zero-order valence-corrected chi connectivity index (χ0v) is 23.4. The second kappa shape index (κ2) is 17.5. The van der Waals surface area contributed by atoms with E-state index in [1.165, 1.54) is 32.1 Å². The van der Waals surface area contributed by atoms with Crippen molar-refractivity contribution < 1.29 is 65.1 Å². The van der Waals surface area contributed by atoms with Gasteiger partial charge in [-0.2, -0.15) is 26.3 Å². The van der Waals surface area contributed by atoms with Gasteiger partial charge in [0.25, 0.3) is 0 Å². The number of amides is 1. The number of carboxylic acid groups (broad SMARTS) is 2. The van der Waals surface area contributed by atoms with E-state index in [1.54, 1.807) is 12.0 Å². The van der Waals surface area contributed by atoms with Crippen LogP contribution < -0.4 is 0 Å². The van der Waals surface area contributed by atoms with E-state index in [1.807, 2.05) is 27.9 Å². The minimum absolute atomic E-state index is 0. The number of carboxylic acids is 2. The number of alkyl halides is 6. The number of hydrogen-bond donors (Lipinski definition) is 2. The fraction of sp³-hybridized carbons (Fsp3) is 0.880. The molecule has 1 saturated heterocycles. The SMILES string of the molecule is C.COC1(C)CCCCC1.COC1(C)CCN(C(=O)OC(C)(C)C)CC1.O=C(O)C(F)(F)F.O=C(O)C(F)(F)F. The van der Waals surface area contributed by atoms with E-state index in [2.05, 4.69) is 13.8 Å². The number of halogens is 6. The van der Waals surface area contributed by atoms with Gasteiger partial charge in [-0.3, -0.25) is 0 Å². The Bertz CT molecular complexity index is 728. The van der Waals surface area contributed by atoms with Crippen molar-refractivity contribution in [1.82, 2.24) is 4.90 Å². The Kier molecular flexibility index (Phi) is 18.5. The summed E-state index contributed by atoms with van der Waals surface area (Å²) in [5.41, 5.74) is -0.282. The van der Waals surface area contributed by atoms with E-state index in [9.17, 15) is 31.1 Å². The number of carbonyl (C=O) groups is 3. The number of nitrogens with zero attached hydrogens (tertiary/aromatic N) is 1. The number of methoxy groups -OCH3 is 2. The number of rotatable bonds is 2. The van der Waals surface area contributed by atoms with Gasteiger partial charge in [0.2, 0.25) is 0 Å². The van der Waals surface area contributed by atoms with E-state index in [0.717, 1.165) is 12.8 Å². The molecule has 0 aromatic heterocycles. The number of carbonyl (C=O) groups excluding carboxylic acids is 1. The summed E-state index contributed by atoms with van der Waals surface area (Å²) in [6, 6.07) is 0. The summed E-state index contributed by atoms with van der Waals surface area (Å²) in [4.78, 5) is 31.3. The summed E-state index contributed by atoms with van der Waals surface area (Å²) in [5, 5.41) is 14.2. The minimum Gasteiger partial charge on any atom is -0.475 e. The summed E-state index contributed by atoms with van der Waals surface area (Å²) in [7, 11) is 3.55. The second-order valence-electron chi connectivity index (χ2n) is 10.4. The normalized spacial score (nSPS) is 18.1. The highest BCUT2D eigenvalue weighted by atomic mass is 19.4. The molecule has 0 bridgehead atoms. The molecule has 0 atom stereocenters. The molecule has 40 heavy (non-hydrogen) atoms. The topological polar surface area (TPSA) is 123 Å². The molecule has 240 valence electrons. The number of likely N-dealkylation sites (tertiary alicyclic amines) is 1. The molecule has 0 radical (unpaired) electrons. The summed E-state index contributed by atoms with van der Waals surface area (Å²) in [6.07, 6.45) is -2.04. The predicted octanol–water partition coefficient (Wildman–Crippen LogP) is 6.68. The molecule has 1 aliphatic carbocycles. The van der Waals surface area contributed by atoms with E-state index in [4.69, 9.17) is 34.0 Å². The fourth-order valence-electron chi connectivity index (χ4n) is 3.20. The first kappa shape index (κ1) is 42.2. The van der Waals surface area contributed by atoms with Crippen LogP contribution in [0, 0.1) is 0 Å². The molecule has 0 aromatic rings. The highest BCUT2D eigenvalue weighted by molar-refractivity contribution is 5.73. The summed E-state index contributed by atoms with van der Waals surface area (Å²) < 4.78 is 79.6. The van der Waals surface area contributed by atoms with Crippen molar-refractivity contribution in [3.8, 4) is 0 Å². The van der Waals surface area contributed by atoms with Crippen molar-refractivity contribution in [2.75, 3.05) is 27.3 Å². The third kappa shape index (κ3) is 19.7. The third-order valence-corrected chi connectivity index (χ3v) is 5.85. The average molecular weight is 602 g/mol. The zero-order chi connectivity index (χ0) is 31.3. The van der Waals surface area contributed by atoms with Gasteiger partial charge < -0.3 is 29.3 Å². The molecule has 2 fully saturated rings. The van der Waals surface area contributed by atoms with Crippen molar-refractivity contribution >= 4 is 18.0 Å². The number of hydrogen-bond acceptors (Lipinski definition) is 6. The van der Waals surface area contributed by atoms with Gasteiger partial charge in [0.1, 0.15) is 5.60 Å². The highest BCUT2D eigenvalue weighted by Crippen LogP contribution is 2.30. The Labute approximate surface area is 232 Å². The Morgan fingerprint density at radius 3 is 1.23 bits per heavy atom. The highest BCUT2D eigenvalue weighted by Gasteiger charge is 2.39. The van der Waals surface area contributed by atoms with Gasteiger partial charge in [-0.05, 0) is 60.3 Å². The van der Waals surface area contributed by atoms with Gasteiger partial charge >= 0.3 is 30.4 Å². The lowest BCUT2D eigenvalue weighted by Crippen LogP contribution is -2.47. The molecule has 9 nitrogen and oxygen atoms in total. The van der Waals surface area contributed by atoms with E-state index in [0.29, 0.717) is 13.1 Å². The Balaban J connectivity index is -0.000000489. The maximum absolute atomic E-state index is 11.8. The maximum atomic E-state index is 11.8. The molecule has 2 aliphatic rings. The number of ether oxygens (including phenoxy) is 3. The Morgan fingerprint density at radius 2 is 1.00 bits per heavy atom. The molecule has 2 rings (SSSR count). The summed E-state index contributed by atoms with van der Waals surface area (Å²) >= 11 is 0. The van der Waals surface area contributed by atoms with Gasteiger partial charge in [0.15, 0.2) is 0 Å². The van der Waals surface area contributed by atoms with E-state index < -0.39 is 29.9 Å². The second-order valence-corrected chi connectivity index (χ2v) is 10.4. The van der Waals surface area contributed by atoms with Gasteiger partial charge in [0, 0.05) is 27.3 Å². The van der Waals surface area contributed by atoms with E-state index in [-0.39, 0.29) is 24.7 Å². The van der Waals surface area contributed by atoms with Crippen LogP contribution in [0.5, 0.6) is 0 Å². The van der Waals surface area contributed by atoms with Crippen molar-refractivity contribution in [1.29, 1.82) is 0 Å². The third-order valence-electron chi connectivity index (χ3n) is 5.85. The Morgan fingerprint density at radius 1 is 0.700 bits per heavy atom. The molecule has 1 saturated carbocycles. The number of aliphatic carboxylic acids is 2. The van der Waals surface area contributed by atoms with Crippen LogP contribution in [-0.4, -0.2) is 89.6 Å². The smallest absolute Gasteiger partial charge is 0.475 e. The predicted molar refractivity (Wildman–Crippen MR) is 135 cm³/mol. The van der Waals surface area contributed by atoms with Crippen LogP contribution in [0.15, 0.2) is 0 Å². The van der Waals surface area contributed by atoms with Gasteiger partial charge in [-0.15, -0.1) is 0 Å². The monoisotopic (exact) mass is 601 g/mol. The fourth-order valence-corrected chi connectivity index (χ4v) is 3.20. The first-order valence-electron chi connectivity index (χ1n) is 12.1. The first-order valence-corrected chi connectivity index (χ1v) is 12.1. The van der Waals surface area contributed by atoms with Crippen molar-refractivity contribution in [3.05, 3.63) is 0 Å². The molecular weight excluding hydrogens is 556 g/mol. The van der Waals surface area contributed by atoms with Crippen LogP contribution in [0.2, 0.25) is 0 Å². The minimum atomic E-state index is -5.08. The lowest BCUT2D eigenvalue weighted by molar-refractivity contribution is -0.193. The lowest BCUT2D eigenvalue weighted by Gasteiger charge is -2.38. The zero-order valence-electron chi connectivity index (χ0n) is 23.4. The van der Waals surface area contributed by atoms with Gasteiger partial charge in [-0.1, -0.05) is 26.7 Å². The van der Waals surface area contributed by atoms with Crippen LogP contribution in [0.25, 0.3) is 0 Å². The van der Waals surface area contributed by atoms with Crippen molar-refractivity contribution in [3.63, 3.8) is 0 Å².